The number of amides is 2. The number of nitrogens with zero attached hydrogens (tertiary/aromatic N) is 3. The first-order valence-corrected chi connectivity index (χ1v) is 14.0. The normalized spacial score (nSPS) is 12.2. The van der Waals surface area contributed by atoms with E-state index in [2.05, 4.69) is 5.32 Å². The fourth-order valence-electron chi connectivity index (χ4n) is 3.73. The smallest absolute Gasteiger partial charge is 0.271 e. The number of anilines is 1. The number of rotatable bonds is 12. The van der Waals surface area contributed by atoms with Crippen LogP contribution >= 0.6 is 11.6 Å². The van der Waals surface area contributed by atoms with Crippen LogP contribution in [0.15, 0.2) is 42.5 Å². The molecule has 0 heterocycles. The van der Waals surface area contributed by atoms with E-state index in [4.69, 9.17) is 11.6 Å². The third-order valence-corrected chi connectivity index (χ3v) is 7.22. The minimum Gasteiger partial charge on any atom is -0.354 e. The number of benzene rings is 2. The Labute approximate surface area is 222 Å². The molecule has 12 heteroatoms. The van der Waals surface area contributed by atoms with E-state index in [-0.39, 0.29) is 36.2 Å². The van der Waals surface area contributed by atoms with Crippen LogP contribution in [-0.4, -0.2) is 55.4 Å². The molecule has 0 fully saturated rings. The number of hydrogen-bond acceptors (Lipinski definition) is 6. The van der Waals surface area contributed by atoms with E-state index in [0.29, 0.717) is 22.7 Å². The van der Waals surface area contributed by atoms with Crippen molar-refractivity contribution in [1.82, 2.24) is 10.2 Å². The van der Waals surface area contributed by atoms with Gasteiger partial charge in [-0.1, -0.05) is 56.6 Å². The lowest BCUT2D eigenvalue weighted by Gasteiger charge is -2.33. The molecule has 0 bridgehead atoms. The number of carbonyl (C=O) groups excluding carboxylic acids is 2. The van der Waals surface area contributed by atoms with E-state index in [1.54, 1.807) is 38.1 Å². The summed E-state index contributed by atoms with van der Waals surface area (Å²) in [5, 5.41) is 14.6. The minimum atomic E-state index is -4.03. The number of carbonyl (C=O) groups is 2. The van der Waals surface area contributed by atoms with Gasteiger partial charge in [0.25, 0.3) is 5.69 Å². The van der Waals surface area contributed by atoms with Crippen LogP contribution in [0.25, 0.3) is 0 Å². The number of hydrogen-bond donors (Lipinski definition) is 1. The van der Waals surface area contributed by atoms with E-state index in [9.17, 15) is 28.1 Å². The maximum Gasteiger partial charge on any atom is 0.271 e. The zero-order valence-corrected chi connectivity index (χ0v) is 23.2. The van der Waals surface area contributed by atoms with Crippen molar-refractivity contribution < 1.29 is 22.9 Å². The lowest BCUT2D eigenvalue weighted by atomic mass is 10.1. The molecule has 0 aromatic heterocycles. The molecule has 0 aliphatic rings. The maximum atomic E-state index is 13.7. The molecule has 10 nitrogen and oxygen atoms in total. The van der Waals surface area contributed by atoms with Crippen molar-refractivity contribution in [1.29, 1.82) is 0 Å². The van der Waals surface area contributed by atoms with E-state index < -0.39 is 33.4 Å². The summed E-state index contributed by atoms with van der Waals surface area (Å²) in [4.78, 5) is 38.8. The number of nitrogens with one attached hydrogen (secondary N) is 1. The van der Waals surface area contributed by atoms with Gasteiger partial charge in [0.05, 0.1) is 16.9 Å². The highest BCUT2D eigenvalue weighted by Crippen LogP contribution is 2.28. The molecule has 2 aromatic rings. The Hall–Kier alpha value is -3.18. The molecule has 1 N–H and O–H groups in total. The number of non-ortho nitro benzene ring substituents is 1. The Balaban J connectivity index is 2.52. The van der Waals surface area contributed by atoms with Crippen LogP contribution in [0.1, 0.15) is 38.3 Å². The molecule has 0 spiro atoms. The second kappa shape index (κ2) is 12.9. The van der Waals surface area contributed by atoms with E-state index in [1.807, 2.05) is 13.8 Å². The monoisotopic (exact) mass is 552 g/mol. The highest BCUT2D eigenvalue weighted by molar-refractivity contribution is 7.92. The van der Waals surface area contributed by atoms with Gasteiger partial charge in [0.1, 0.15) is 12.6 Å². The largest absolute Gasteiger partial charge is 0.354 e. The van der Waals surface area contributed by atoms with Crippen LogP contribution in [0.5, 0.6) is 0 Å². The van der Waals surface area contributed by atoms with Crippen LogP contribution < -0.4 is 9.62 Å². The van der Waals surface area contributed by atoms with Gasteiger partial charge in [-0.05, 0) is 36.5 Å². The summed E-state index contributed by atoms with van der Waals surface area (Å²) in [5.74, 6) is -0.830. The second-order valence-corrected chi connectivity index (χ2v) is 11.5. The molecule has 0 aliphatic heterocycles. The number of nitro groups is 1. The van der Waals surface area contributed by atoms with Crippen LogP contribution in [0, 0.1) is 23.0 Å². The molecule has 202 valence electrons. The fourth-order valence-corrected chi connectivity index (χ4v) is 4.82. The SMILES string of the molecule is CC[C@H](C(=O)NCC(C)C)N(Cc1ccccc1Cl)C(=O)CN(c1cc([N+](=O)[O-])ccc1C)S(C)(=O)=O. The predicted molar refractivity (Wildman–Crippen MR) is 144 cm³/mol. The van der Waals surface area contributed by atoms with Gasteiger partial charge in [-0.15, -0.1) is 0 Å². The van der Waals surface area contributed by atoms with Crippen molar-refractivity contribution in [2.75, 3.05) is 23.7 Å². The summed E-state index contributed by atoms with van der Waals surface area (Å²) in [6, 6.07) is 9.78. The molecule has 0 radical (unpaired) electrons. The van der Waals surface area contributed by atoms with Crippen molar-refractivity contribution in [2.24, 2.45) is 5.92 Å². The molecular formula is C25H33ClN4O6S. The summed E-state index contributed by atoms with van der Waals surface area (Å²) < 4.78 is 26.4. The fraction of sp³-hybridized carbons (Fsp3) is 0.440. The first-order chi connectivity index (χ1) is 17.3. The Morgan fingerprint density at radius 3 is 2.35 bits per heavy atom. The van der Waals surface area contributed by atoms with Crippen molar-refractivity contribution in [3.05, 3.63) is 68.7 Å². The van der Waals surface area contributed by atoms with Crippen molar-refractivity contribution >= 4 is 44.8 Å². The number of sulfonamides is 1. The highest BCUT2D eigenvalue weighted by atomic mass is 35.5. The van der Waals surface area contributed by atoms with Gasteiger partial charge in [0.15, 0.2) is 0 Å². The average Bonchev–Trinajstić information content (AvgIpc) is 2.81. The third kappa shape index (κ3) is 8.16. The zero-order valence-electron chi connectivity index (χ0n) is 21.6. The summed E-state index contributed by atoms with van der Waals surface area (Å²) in [5.41, 5.74) is 0.724. The molecule has 0 unspecified atom stereocenters. The summed E-state index contributed by atoms with van der Waals surface area (Å²) in [6.07, 6.45) is 1.19. The van der Waals surface area contributed by atoms with Crippen molar-refractivity contribution in [3.63, 3.8) is 0 Å². The van der Waals surface area contributed by atoms with Crippen LogP contribution in [0.4, 0.5) is 11.4 Å². The quantitative estimate of drug-likeness (QED) is 0.314. The Kier molecular flexibility index (Phi) is 10.4. The molecule has 0 aliphatic carbocycles. The maximum absolute atomic E-state index is 13.7. The lowest BCUT2D eigenvalue weighted by molar-refractivity contribution is -0.384. The highest BCUT2D eigenvalue weighted by Gasteiger charge is 2.33. The van der Waals surface area contributed by atoms with Crippen molar-refractivity contribution in [2.45, 2.75) is 46.7 Å². The molecule has 0 saturated carbocycles. The van der Waals surface area contributed by atoms with E-state index in [0.717, 1.165) is 16.6 Å². The van der Waals surface area contributed by atoms with Crippen molar-refractivity contribution in [3.8, 4) is 0 Å². The summed E-state index contributed by atoms with van der Waals surface area (Å²) in [7, 11) is -4.03. The third-order valence-electron chi connectivity index (χ3n) is 5.72. The second-order valence-electron chi connectivity index (χ2n) is 9.17. The lowest BCUT2D eigenvalue weighted by Crippen LogP contribution is -2.52. The van der Waals surface area contributed by atoms with Gasteiger partial charge >= 0.3 is 0 Å². The molecule has 0 saturated heterocycles. The van der Waals surface area contributed by atoms with Gasteiger partial charge in [-0.2, -0.15) is 0 Å². The Bertz CT molecular complexity index is 1250. The predicted octanol–water partition coefficient (Wildman–Crippen LogP) is 3.90. The van der Waals surface area contributed by atoms with Gasteiger partial charge in [0.2, 0.25) is 21.8 Å². The van der Waals surface area contributed by atoms with Gasteiger partial charge < -0.3 is 10.2 Å². The zero-order chi connectivity index (χ0) is 27.9. The Morgan fingerprint density at radius 2 is 1.81 bits per heavy atom. The van der Waals surface area contributed by atoms with E-state index in [1.165, 1.54) is 17.0 Å². The van der Waals surface area contributed by atoms with Crippen LogP contribution in [0.2, 0.25) is 5.02 Å². The van der Waals surface area contributed by atoms with Gasteiger partial charge in [-0.25, -0.2) is 8.42 Å². The first-order valence-electron chi connectivity index (χ1n) is 11.8. The Morgan fingerprint density at radius 1 is 1.16 bits per heavy atom. The van der Waals surface area contributed by atoms with Gasteiger partial charge in [-0.3, -0.25) is 24.0 Å². The number of nitro benzene ring substituents is 1. The van der Waals surface area contributed by atoms with Crippen LogP contribution in [-0.2, 0) is 26.2 Å². The summed E-state index contributed by atoms with van der Waals surface area (Å²) in [6.45, 7) is 6.96. The molecular weight excluding hydrogens is 520 g/mol. The molecule has 2 aromatic carbocycles. The first kappa shape index (κ1) is 30.0. The van der Waals surface area contributed by atoms with Gasteiger partial charge in [0, 0.05) is 30.2 Å². The number of aryl methyl sites for hydroxylation is 1. The minimum absolute atomic E-state index is 0.0139. The molecule has 2 amide bonds. The number of halogens is 1. The van der Waals surface area contributed by atoms with Crippen LogP contribution in [0.3, 0.4) is 0 Å². The topological polar surface area (TPSA) is 130 Å². The van der Waals surface area contributed by atoms with E-state index >= 15 is 0 Å². The standard InChI is InChI=1S/C25H33ClN4O6S/c1-6-22(25(32)27-14-17(2)3)28(15-19-9-7-8-10-21(19)26)24(31)16-29(37(5,35)36)23-13-20(30(33)34)12-11-18(23)4/h7-13,17,22H,6,14-16H2,1-5H3,(H,27,32)/t22-/m1/s1. The average molecular weight is 553 g/mol. The molecule has 37 heavy (non-hydrogen) atoms. The molecule has 2 rings (SSSR count). The molecule has 1 atom stereocenters. The summed E-state index contributed by atoms with van der Waals surface area (Å²) >= 11 is 6.34.